The standard InChI is InChI=1S/C19H15NO2/c1-2-22-19(21)20-17(13-12-15-8-4-3-5-9-15)14-16-10-6-7-11-18(16)20/h3-11,14H,2H2,1H3. The zero-order valence-electron chi connectivity index (χ0n) is 12.2. The molecule has 3 heteroatoms. The minimum atomic E-state index is -0.402. The molecule has 0 fully saturated rings. The summed E-state index contributed by atoms with van der Waals surface area (Å²) in [7, 11) is 0. The monoisotopic (exact) mass is 289 g/mol. The molecular formula is C19H15NO2. The average molecular weight is 289 g/mol. The Morgan fingerprint density at radius 1 is 1.05 bits per heavy atom. The number of hydrogen-bond donors (Lipinski definition) is 0. The van der Waals surface area contributed by atoms with Crippen molar-refractivity contribution in [2.75, 3.05) is 6.61 Å². The number of hydrogen-bond acceptors (Lipinski definition) is 2. The molecule has 0 aliphatic rings. The van der Waals surface area contributed by atoms with E-state index in [1.54, 1.807) is 6.92 Å². The van der Waals surface area contributed by atoms with Crippen molar-refractivity contribution in [3.8, 4) is 11.8 Å². The second-order valence-electron chi connectivity index (χ2n) is 4.74. The highest BCUT2D eigenvalue weighted by atomic mass is 16.5. The number of carbonyl (C=O) groups is 1. The third-order valence-electron chi connectivity index (χ3n) is 3.27. The van der Waals surface area contributed by atoms with E-state index in [0.29, 0.717) is 12.3 Å². The van der Waals surface area contributed by atoms with Crippen molar-refractivity contribution in [1.82, 2.24) is 4.57 Å². The Kier molecular flexibility index (Phi) is 3.93. The molecule has 1 heterocycles. The summed E-state index contributed by atoms with van der Waals surface area (Å²) < 4.78 is 6.67. The Labute approximate surface area is 129 Å². The molecule has 0 aliphatic heterocycles. The second kappa shape index (κ2) is 6.19. The lowest BCUT2D eigenvalue weighted by atomic mass is 10.2. The Morgan fingerprint density at radius 3 is 2.55 bits per heavy atom. The Bertz CT molecular complexity index is 867. The van der Waals surface area contributed by atoms with Crippen LogP contribution in [0.1, 0.15) is 18.2 Å². The minimum Gasteiger partial charge on any atom is -0.449 e. The molecule has 0 amide bonds. The van der Waals surface area contributed by atoms with Crippen molar-refractivity contribution >= 4 is 17.0 Å². The van der Waals surface area contributed by atoms with Crippen LogP contribution in [0, 0.1) is 11.8 Å². The molecule has 0 aliphatic carbocycles. The predicted molar refractivity (Wildman–Crippen MR) is 86.8 cm³/mol. The van der Waals surface area contributed by atoms with Crippen LogP contribution in [0.25, 0.3) is 10.9 Å². The zero-order chi connectivity index (χ0) is 15.4. The van der Waals surface area contributed by atoms with Gasteiger partial charge in [0.15, 0.2) is 0 Å². The number of carbonyl (C=O) groups excluding carboxylic acids is 1. The summed E-state index contributed by atoms with van der Waals surface area (Å²) in [6.45, 7) is 2.12. The lowest BCUT2D eigenvalue weighted by molar-refractivity contribution is 0.155. The summed E-state index contributed by atoms with van der Waals surface area (Å²) in [6.07, 6.45) is -0.402. The molecule has 0 N–H and O–H groups in total. The number of para-hydroxylation sites is 1. The summed E-state index contributed by atoms with van der Waals surface area (Å²) in [5.41, 5.74) is 2.34. The highest BCUT2D eigenvalue weighted by Crippen LogP contribution is 2.19. The van der Waals surface area contributed by atoms with Gasteiger partial charge in [0.25, 0.3) is 0 Å². The van der Waals surface area contributed by atoms with Gasteiger partial charge in [-0.25, -0.2) is 9.36 Å². The third-order valence-corrected chi connectivity index (χ3v) is 3.27. The van der Waals surface area contributed by atoms with Crippen LogP contribution in [0.15, 0.2) is 60.7 Å². The molecule has 22 heavy (non-hydrogen) atoms. The number of rotatable bonds is 1. The van der Waals surface area contributed by atoms with Crippen LogP contribution in [0.5, 0.6) is 0 Å². The van der Waals surface area contributed by atoms with Gasteiger partial charge >= 0.3 is 6.09 Å². The highest BCUT2D eigenvalue weighted by Gasteiger charge is 2.14. The molecule has 0 radical (unpaired) electrons. The van der Waals surface area contributed by atoms with Gasteiger partial charge in [-0.15, -0.1) is 0 Å². The van der Waals surface area contributed by atoms with Crippen LogP contribution in [-0.2, 0) is 4.74 Å². The number of fused-ring (bicyclic) bond motifs is 1. The molecule has 0 saturated carbocycles. The number of ether oxygens (including phenoxy) is 1. The van der Waals surface area contributed by atoms with Crippen LogP contribution >= 0.6 is 0 Å². The quantitative estimate of drug-likeness (QED) is 0.633. The van der Waals surface area contributed by atoms with E-state index in [-0.39, 0.29) is 0 Å². The van der Waals surface area contributed by atoms with Gasteiger partial charge in [0, 0.05) is 10.9 Å². The molecule has 0 spiro atoms. The van der Waals surface area contributed by atoms with Gasteiger partial charge in [-0.05, 0) is 37.1 Å². The van der Waals surface area contributed by atoms with E-state index in [0.717, 1.165) is 16.5 Å². The maximum Gasteiger partial charge on any atom is 0.419 e. The maximum absolute atomic E-state index is 12.2. The highest BCUT2D eigenvalue weighted by molar-refractivity contribution is 5.92. The van der Waals surface area contributed by atoms with Crippen molar-refractivity contribution in [3.05, 3.63) is 71.9 Å². The average Bonchev–Trinajstić information content (AvgIpc) is 2.92. The van der Waals surface area contributed by atoms with Crippen molar-refractivity contribution in [2.24, 2.45) is 0 Å². The Hall–Kier alpha value is -2.99. The zero-order valence-corrected chi connectivity index (χ0v) is 12.2. The lowest BCUT2D eigenvalue weighted by Gasteiger charge is -2.05. The Balaban J connectivity index is 2.11. The van der Waals surface area contributed by atoms with E-state index < -0.39 is 6.09 Å². The van der Waals surface area contributed by atoms with Gasteiger partial charge in [-0.3, -0.25) is 0 Å². The fourth-order valence-corrected chi connectivity index (χ4v) is 2.29. The van der Waals surface area contributed by atoms with E-state index in [2.05, 4.69) is 11.8 Å². The van der Waals surface area contributed by atoms with Crippen LogP contribution < -0.4 is 0 Å². The molecule has 1 aromatic heterocycles. The first-order valence-corrected chi connectivity index (χ1v) is 7.14. The maximum atomic E-state index is 12.2. The van der Waals surface area contributed by atoms with E-state index in [1.165, 1.54) is 4.57 Å². The first kappa shape index (κ1) is 14.0. The minimum absolute atomic E-state index is 0.330. The van der Waals surface area contributed by atoms with Gasteiger partial charge in [-0.2, -0.15) is 0 Å². The molecule has 108 valence electrons. The topological polar surface area (TPSA) is 31.2 Å². The summed E-state index contributed by atoms with van der Waals surface area (Å²) in [4.78, 5) is 12.2. The predicted octanol–water partition coefficient (Wildman–Crippen LogP) is 4.05. The van der Waals surface area contributed by atoms with Crippen LogP contribution in [0.3, 0.4) is 0 Å². The molecule has 0 atom stereocenters. The summed E-state index contributed by atoms with van der Waals surface area (Å²) >= 11 is 0. The lowest BCUT2D eigenvalue weighted by Crippen LogP contribution is -2.14. The molecule has 0 saturated heterocycles. The second-order valence-corrected chi connectivity index (χ2v) is 4.74. The normalized spacial score (nSPS) is 10.0. The Morgan fingerprint density at radius 2 is 1.77 bits per heavy atom. The summed E-state index contributed by atoms with van der Waals surface area (Å²) in [5, 5.41) is 0.966. The molecule has 3 aromatic rings. The number of nitrogens with zero attached hydrogens (tertiary/aromatic N) is 1. The largest absolute Gasteiger partial charge is 0.449 e. The molecule has 2 aromatic carbocycles. The van der Waals surface area contributed by atoms with Crippen molar-refractivity contribution < 1.29 is 9.53 Å². The van der Waals surface area contributed by atoms with Gasteiger partial charge in [-0.1, -0.05) is 42.3 Å². The van der Waals surface area contributed by atoms with E-state index in [9.17, 15) is 4.79 Å². The van der Waals surface area contributed by atoms with Crippen LogP contribution in [0.2, 0.25) is 0 Å². The molecule has 3 nitrogen and oxygen atoms in total. The molecule has 0 unspecified atom stereocenters. The van der Waals surface area contributed by atoms with Gasteiger partial charge in [0.1, 0.15) is 5.69 Å². The van der Waals surface area contributed by atoms with E-state index in [4.69, 9.17) is 4.74 Å². The smallest absolute Gasteiger partial charge is 0.419 e. The summed E-state index contributed by atoms with van der Waals surface area (Å²) in [5.74, 6) is 6.15. The van der Waals surface area contributed by atoms with E-state index in [1.807, 2.05) is 60.7 Å². The molecule has 0 bridgehead atoms. The van der Waals surface area contributed by atoms with Crippen molar-refractivity contribution in [2.45, 2.75) is 6.92 Å². The fourth-order valence-electron chi connectivity index (χ4n) is 2.29. The number of aromatic nitrogens is 1. The fraction of sp³-hybridized carbons (Fsp3) is 0.105. The molecular weight excluding hydrogens is 274 g/mol. The van der Waals surface area contributed by atoms with Gasteiger partial charge in [0.05, 0.1) is 12.1 Å². The third kappa shape index (κ3) is 2.72. The van der Waals surface area contributed by atoms with Crippen LogP contribution in [-0.4, -0.2) is 17.3 Å². The SMILES string of the molecule is CCOC(=O)n1c(C#Cc2ccccc2)cc2ccccc21. The van der Waals surface area contributed by atoms with Crippen molar-refractivity contribution in [1.29, 1.82) is 0 Å². The first-order valence-electron chi connectivity index (χ1n) is 7.14. The van der Waals surface area contributed by atoms with Gasteiger partial charge in [0.2, 0.25) is 0 Å². The van der Waals surface area contributed by atoms with Gasteiger partial charge < -0.3 is 4.74 Å². The van der Waals surface area contributed by atoms with E-state index >= 15 is 0 Å². The molecule has 3 rings (SSSR count). The number of benzene rings is 2. The first-order chi connectivity index (χ1) is 10.8. The van der Waals surface area contributed by atoms with Crippen LogP contribution in [0.4, 0.5) is 4.79 Å². The summed E-state index contributed by atoms with van der Waals surface area (Å²) in [6, 6.07) is 19.3. The van der Waals surface area contributed by atoms with Crippen molar-refractivity contribution in [3.63, 3.8) is 0 Å².